The van der Waals surface area contributed by atoms with Gasteiger partial charge in [0.25, 0.3) is 0 Å². The van der Waals surface area contributed by atoms with Crippen LogP contribution in [0, 0.1) is 0 Å². The Morgan fingerprint density at radius 3 is 3.00 bits per heavy atom. The quantitative estimate of drug-likeness (QED) is 0.823. The molecule has 1 aromatic rings. The fourth-order valence-electron chi connectivity index (χ4n) is 1.08. The predicted octanol–water partition coefficient (Wildman–Crippen LogP) is 1.67. The summed E-state index contributed by atoms with van der Waals surface area (Å²) >= 11 is 5.64. The molecule has 0 radical (unpaired) electrons. The van der Waals surface area contributed by atoms with Gasteiger partial charge in [-0.05, 0) is 19.1 Å². The third-order valence-electron chi connectivity index (χ3n) is 1.84. The third kappa shape index (κ3) is 3.15. The van der Waals surface area contributed by atoms with Crippen LogP contribution in [0.3, 0.4) is 0 Å². The van der Waals surface area contributed by atoms with Crippen LogP contribution in [0.5, 0.6) is 0 Å². The van der Waals surface area contributed by atoms with Crippen molar-refractivity contribution in [3.63, 3.8) is 0 Å². The van der Waals surface area contributed by atoms with E-state index in [9.17, 15) is 14.3 Å². The van der Waals surface area contributed by atoms with Crippen molar-refractivity contribution in [2.45, 2.75) is 19.2 Å². The predicted molar refractivity (Wildman–Crippen MR) is 55.7 cm³/mol. The van der Waals surface area contributed by atoms with Crippen molar-refractivity contribution in [3.05, 3.63) is 29.0 Å². The molecule has 1 aromatic heterocycles. The number of rotatable bonds is 4. The fraction of sp³-hybridized carbons (Fsp3) is 0.400. The van der Waals surface area contributed by atoms with Crippen molar-refractivity contribution >= 4 is 17.6 Å². The highest BCUT2D eigenvalue weighted by atomic mass is 35.5. The van der Waals surface area contributed by atoms with Gasteiger partial charge in [0.05, 0.1) is 12.3 Å². The number of halogens is 2. The maximum Gasteiger partial charge on any atom is 0.343 e. The third-order valence-corrected chi connectivity index (χ3v) is 2.07. The highest BCUT2D eigenvalue weighted by Gasteiger charge is 2.30. The Morgan fingerprint density at radius 1 is 1.75 bits per heavy atom. The molecule has 1 rings (SSSR count). The van der Waals surface area contributed by atoms with Gasteiger partial charge in [0.1, 0.15) is 6.10 Å². The summed E-state index contributed by atoms with van der Waals surface area (Å²) in [5.74, 6) is -1.11. The highest BCUT2D eigenvalue weighted by Crippen LogP contribution is 2.20. The smallest absolute Gasteiger partial charge is 0.343 e. The molecule has 16 heavy (non-hydrogen) atoms. The molecule has 0 aliphatic heterocycles. The zero-order valence-corrected chi connectivity index (χ0v) is 9.32. The van der Waals surface area contributed by atoms with Crippen LogP contribution >= 0.6 is 11.6 Å². The van der Waals surface area contributed by atoms with Gasteiger partial charge in [-0.15, -0.1) is 0 Å². The average Bonchev–Trinajstić information content (AvgIpc) is 2.27. The lowest BCUT2D eigenvalue weighted by atomic mass is 10.1. The summed E-state index contributed by atoms with van der Waals surface area (Å²) in [5.41, 5.74) is -0.00643. The van der Waals surface area contributed by atoms with Gasteiger partial charge >= 0.3 is 5.97 Å². The molecular formula is C10H11ClFNO3. The minimum Gasteiger partial charge on any atom is -0.464 e. The Labute approximate surface area is 97.0 Å². The Morgan fingerprint density at radius 2 is 2.44 bits per heavy atom. The zero-order valence-electron chi connectivity index (χ0n) is 8.56. The monoisotopic (exact) mass is 247 g/mol. The van der Waals surface area contributed by atoms with Crippen LogP contribution in [0.4, 0.5) is 4.39 Å². The molecule has 88 valence electrons. The standard InChI is InChI=1S/C10H11ClFNO3/c1-2-16-10(15)8(12)9(14)7-5-6(11)3-4-13-7/h3-5,8-9,14H,2H2,1H3/t8-,9+/m0/s1. The second-order valence-electron chi connectivity index (χ2n) is 3.00. The first-order chi connectivity index (χ1) is 7.56. The zero-order chi connectivity index (χ0) is 12.1. The lowest BCUT2D eigenvalue weighted by Gasteiger charge is -2.13. The first-order valence-electron chi connectivity index (χ1n) is 4.66. The number of hydrogen-bond donors (Lipinski definition) is 1. The van der Waals surface area contributed by atoms with E-state index >= 15 is 0 Å². The van der Waals surface area contributed by atoms with E-state index in [0.717, 1.165) is 0 Å². The van der Waals surface area contributed by atoms with E-state index in [1.165, 1.54) is 18.3 Å². The molecule has 0 bridgehead atoms. The Balaban J connectivity index is 2.77. The number of carbonyl (C=O) groups excluding carboxylic acids is 1. The number of esters is 1. The Kier molecular flexibility index (Phi) is 4.64. The van der Waals surface area contributed by atoms with Crippen molar-refractivity contribution in [1.29, 1.82) is 0 Å². The molecule has 0 spiro atoms. The van der Waals surface area contributed by atoms with Crippen LogP contribution in [-0.2, 0) is 9.53 Å². The molecule has 0 amide bonds. The number of aromatic nitrogens is 1. The molecular weight excluding hydrogens is 237 g/mol. The Hall–Kier alpha value is -1.20. The maximum absolute atomic E-state index is 13.4. The summed E-state index contributed by atoms with van der Waals surface area (Å²) in [7, 11) is 0. The first-order valence-corrected chi connectivity index (χ1v) is 5.04. The molecule has 1 heterocycles. The fourth-order valence-corrected chi connectivity index (χ4v) is 1.25. The van der Waals surface area contributed by atoms with E-state index in [2.05, 4.69) is 9.72 Å². The number of ether oxygens (including phenoxy) is 1. The van der Waals surface area contributed by atoms with E-state index in [0.29, 0.717) is 5.02 Å². The second kappa shape index (κ2) is 5.77. The Bertz CT molecular complexity index is 375. The summed E-state index contributed by atoms with van der Waals surface area (Å²) in [6, 6.07) is 2.77. The van der Waals surface area contributed by atoms with Crippen LogP contribution < -0.4 is 0 Å². The van der Waals surface area contributed by atoms with Gasteiger partial charge < -0.3 is 9.84 Å². The summed E-state index contributed by atoms with van der Waals surface area (Å²) in [6.07, 6.45) is -2.51. The van der Waals surface area contributed by atoms with E-state index in [4.69, 9.17) is 11.6 Å². The lowest BCUT2D eigenvalue weighted by molar-refractivity contribution is -0.153. The largest absolute Gasteiger partial charge is 0.464 e. The molecule has 0 unspecified atom stereocenters. The van der Waals surface area contributed by atoms with Gasteiger partial charge in [0.2, 0.25) is 6.17 Å². The number of aliphatic hydroxyl groups excluding tert-OH is 1. The number of aliphatic hydroxyl groups is 1. The maximum atomic E-state index is 13.4. The van der Waals surface area contributed by atoms with Crippen molar-refractivity contribution in [2.75, 3.05) is 6.61 Å². The van der Waals surface area contributed by atoms with Crippen LogP contribution in [-0.4, -0.2) is 28.8 Å². The molecule has 1 N–H and O–H groups in total. The average molecular weight is 248 g/mol. The molecule has 6 heteroatoms. The van der Waals surface area contributed by atoms with Crippen LogP contribution in [0.15, 0.2) is 18.3 Å². The molecule has 0 fully saturated rings. The summed E-state index contributed by atoms with van der Waals surface area (Å²) in [6.45, 7) is 1.60. The van der Waals surface area contributed by atoms with Gasteiger partial charge in [0, 0.05) is 11.2 Å². The number of nitrogens with zero attached hydrogens (tertiary/aromatic N) is 1. The van der Waals surface area contributed by atoms with E-state index in [1.54, 1.807) is 6.92 Å². The molecule has 0 saturated carbocycles. The van der Waals surface area contributed by atoms with Gasteiger partial charge in [-0.2, -0.15) is 0 Å². The van der Waals surface area contributed by atoms with E-state index < -0.39 is 18.2 Å². The minimum atomic E-state index is -2.16. The van der Waals surface area contributed by atoms with Crippen molar-refractivity contribution in [1.82, 2.24) is 4.98 Å². The molecule has 0 aliphatic carbocycles. The summed E-state index contributed by atoms with van der Waals surface area (Å²) in [5, 5.41) is 9.82. The molecule has 0 aromatic carbocycles. The minimum absolute atomic E-state index is 0.00643. The first kappa shape index (κ1) is 12.9. The number of carbonyl (C=O) groups is 1. The van der Waals surface area contributed by atoms with E-state index in [1.807, 2.05) is 0 Å². The number of alkyl halides is 1. The van der Waals surface area contributed by atoms with Crippen molar-refractivity contribution < 1.29 is 19.0 Å². The molecule has 2 atom stereocenters. The van der Waals surface area contributed by atoms with Crippen LogP contribution in [0.2, 0.25) is 5.02 Å². The SMILES string of the molecule is CCOC(=O)[C@@H](F)[C@H](O)c1cc(Cl)ccn1. The second-order valence-corrected chi connectivity index (χ2v) is 3.43. The number of pyridine rings is 1. The van der Waals surface area contributed by atoms with Crippen LogP contribution in [0.25, 0.3) is 0 Å². The van der Waals surface area contributed by atoms with Gasteiger partial charge in [-0.1, -0.05) is 11.6 Å². The molecule has 4 nitrogen and oxygen atoms in total. The molecule has 0 saturated heterocycles. The van der Waals surface area contributed by atoms with Gasteiger partial charge in [-0.3, -0.25) is 4.98 Å². The summed E-state index contributed by atoms with van der Waals surface area (Å²) in [4.78, 5) is 14.7. The van der Waals surface area contributed by atoms with E-state index in [-0.39, 0.29) is 12.3 Å². The topological polar surface area (TPSA) is 59.4 Å². The van der Waals surface area contributed by atoms with Gasteiger partial charge in [0.15, 0.2) is 0 Å². The van der Waals surface area contributed by atoms with Crippen LogP contribution in [0.1, 0.15) is 18.7 Å². The van der Waals surface area contributed by atoms with Gasteiger partial charge in [-0.25, -0.2) is 9.18 Å². The van der Waals surface area contributed by atoms with Crippen molar-refractivity contribution in [2.24, 2.45) is 0 Å². The molecule has 0 aliphatic rings. The highest BCUT2D eigenvalue weighted by molar-refractivity contribution is 6.30. The lowest BCUT2D eigenvalue weighted by Crippen LogP contribution is -2.26. The summed E-state index contributed by atoms with van der Waals surface area (Å²) < 4.78 is 17.8. The normalized spacial score (nSPS) is 14.2. The van der Waals surface area contributed by atoms with Crippen molar-refractivity contribution in [3.8, 4) is 0 Å². The number of hydrogen-bond acceptors (Lipinski definition) is 4.